The van der Waals surface area contributed by atoms with Crippen LogP contribution in [0.3, 0.4) is 0 Å². The average Bonchev–Trinajstić information content (AvgIpc) is 3.29. The number of carbonyl (C=O) groups is 2. The SMILES string of the molecule is NCCCOc1ccc2c(C(N)=O)c(NC(=O)C3CC3)sc2c1. The third-order valence-electron chi connectivity index (χ3n) is 3.71. The topological polar surface area (TPSA) is 107 Å². The largest absolute Gasteiger partial charge is 0.493 e. The van der Waals surface area contributed by atoms with Gasteiger partial charge in [-0.1, -0.05) is 0 Å². The Morgan fingerprint density at radius 2 is 2.13 bits per heavy atom. The highest BCUT2D eigenvalue weighted by Gasteiger charge is 2.31. The van der Waals surface area contributed by atoms with Crippen molar-refractivity contribution in [2.45, 2.75) is 19.3 Å². The summed E-state index contributed by atoms with van der Waals surface area (Å²) < 4.78 is 6.47. The number of benzene rings is 1. The molecule has 1 saturated carbocycles. The first-order chi connectivity index (χ1) is 11.1. The molecule has 0 saturated heterocycles. The van der Waals surface area contributed by atoms with Crippen molar-refractivity contribution in [2.24, 2.45) is 17.4 Å². The Bertz CT molecular complexity index is 752. The van der Waals surface area contributed by atoms with Crippen LogP contribution in [0.15, 0.2) is 18.2 Å². The van der Waals surface area contributed by atoms with Crippen LogP contribution in [0, 0.1) is 5.92 Å². The number of thiophene rings is 1. The molecule has 2 aromatic rings. The Morgan fingerprint density at radius 1 is 1.35 bits per heavy atom. The van der Waals surface area contributed by atoms with Crippen LogP contribution in [0.25, 0.3) is 10.1 Å². The molecule has 1 aliphatic rings. The number of primary amides is 1. The predicted molar refractivity (Wildman–Crippen MR) is 90.9 cm³/mol. The normalized spacial score (nSPS) is 14.0. The summed E-state index contributed by atoms with van der Waals surface area (Å²) in [5, 5.41) is 4.09. The van der Waals surface area contributed by atoms with Gasteiger partial charge in [-0.05, 0) is 44.0 Å². The Hall–Kier alpha value is -2.12. The zero-order valence-electron chi connectivity index (χ0n) is 12.6. The lowest BCUT2D eigenvalue weighted by molar-refractivity contribution is -0.117. The predicted octanol–water partition coefficient (Wildman–Crippen LogP) is 2.08. The van der Waals surface area contributed by atoms with Crippen molar-refractivity contribution < 1.29 is 14.3 Å². The molecular weight excluding hydrogens is 314 g/mol. The number of fused-ring (bicyclic) bond motifs is 1. The summed E-state index contributed by atoms with van der Waals surface area (Å²) in [6.45, 7) is 1.12. The molecule has 1 heterocycles. The van der Waals surface area contributed by atoms with E-state index in [-0.39, 0.29) is 11.8 Å². The molecule has 1 aliphatic carbocycles. The van der Waals surface area contributed by atoms with Gasteiger partial charge >= 0.3 is 0 Å². The van der Waals surface area contributed by atoms with Crippen molar-refractivity contribution in [1.82, 2.24) is 0 Å². The van der Waals surface area contributed by atoms with Gasteiger partial charge in [-0.25, -0.2) is 0 Å². The molecule has 0 radical (unpaired) electrons. The van der Waals surface area contributed by atoms with Gasteiger partial charge in [0, 0.05) is 16.0 Å². The molecule has 122 valence electrons. The highest BCUT2D eigenvalue weighted by atomic mass is 32.1. The fourth-order valence-corrected chi connectivity index (χ4v) is 3.47. The van der Waals surface area contributed by atoms with Gasteiger partial charge in [-0.2, -0.15) is 0 Å². The van der Waals surface area contributed by atoms with Crippen molar-refractivity contribution in [3.05, 3.63) is 23.8 Å². The minimum atomic E-state index is -0.542. The Morgan fingerprint density at radius 3 is 2.78 bits per heavy atom. The van der Waals surface area contributed by atoms with Crippen LogP contribution < -0.4 is 21.5 Å². The summed E-state index contributed by atoms with van der Waals surface area (Å²) in [7, 11) is 0. The Labute approximate surface area is 137 Å². The second kappa shape index (κ2) is 6.55. The number of rotatable bonds is 7. The van der Waals surface area contributed by atoms with Gasteiger partial charge in [-0.15, -0.1) is 11.3 Å². The zero-order valence-corrected chi connectivity index (χ0v) is 13.4. The van der Waals surface area contributed by atoms with Crippen molar-refractivity contribution in [2.75, 3.05) is 18.5 Å². The minimum Gasteiger partial charge on any atom is -0.493 e. The number of ether oxygens (including phenoxy) is 1. The van der Waals surface area contributed by atoms with E-state index in [1.54, 1.807) is 12.1 Å². The standard InChI is InChI=1S/C16H19N3O3S/c17-6-1-7-22-10-4-5-11-12(8-10)23-16(13(11)14(18)20)19-15(21)9-2-3-9/h4-5,8-9H,1-3,6-7,17H2,(H2,18,20)(H,19,21). The average molecular weight is 333 g/mol. The molecule has 6 nitrogen and oxygen atoms in total. The summed E-state index contributed by atoms with van der Waals surface area (Å²) in [4.78, 5) is 23.8. The molecule has 23 heavy (non-hydrogen) atoms. The molecule has 1 fully saturated rings. The highest BCUT2D eigenvalue weighted by Crippen LogP contribution is 2.39. The molecule has 0 spiro atoms. The van der Waals surface area contributed by atoms with Crippen LogP contribution in [0.4, 0.5) is 5.00 Å². The van der Waals surface area contributed by atoms with Crippen molar-refractivity contribution in [3.63, 3.8) is 0 Å². The van der Waals surface area contributed by atoms with Gasteiger partial charge in [0.1, 0.15) is 10.8 Å². The Kier molecular flexibility index (Phi) is 4.49. The number of nitrogens with two attached hydrogens (primary N) is 2. The monoisotopic (exact) mass is 333 g/mol. The number of hydrogen-bond donors (Lipinski definition) is 3. The fraction of sp³-hybridized carbons (Fsp3) is 0.375. The molecule has 0 aliphatic heterocycles. The lowest BCUT2D eigenvalue weighted by Crippen LogP contribution is -2.17. The van der Waals surface area contributed by atoms with Crippen LogP contribution in [0.5, 0.6) is 5.75 Å². The fourth-order valence-electron chi connectivity index (χ4n) is 2.33. The third kappa shape index (κ3) is 3.46. The maximum absolute atomic E-state index is 12.0. The third-order valence-corrected chi connectivity index (χ3v) is 4.78. The summed E-state index contributed by atoms with van der Waals surface area (Å²) in [6.07, 6.45) is 2.58. The van der Waals surface area contributed by atoms with Crippen LogP contribution in [0.2, 0.25) is 0 Å². The molecule has 0 atom stereocenters. The Balaban J connectivity index is 1.90. The first-order valence-corrected chi connectivity index (χ1v) is 8.42. The first kappa shape index (κ1) is 15.8. The van der Waals surface area contributed by atoms with E-state index in [4.69, 9.17) is 16.2 Å². The minimum absolute atomic E-state index is 0.0431. The molecule has 1 aromatic heterocycles. The van der Waals surface area contributed by atoms with Crippen molar-refractivity contribution >= 4 is 38.2 Å². The molecule has 3 rings (SSSR count). The molecule has 0 bridgehead atoms. The summed E-state index contributed by atoms with van der Waals surface area (Å²) in [5.74, 6) is 0.192. The lowest BCUT2D eigenvalue weighted by Gasteiger charge is -2.05. The smallest absolute Gasteiger partial charge is 0.252 e. The molecule has 2 amide bonds. The van der Waals surface area contributed by atoms with Gasteiger partial charge < -0.3 is 21.5 Å². The zero-order chi connectivity index (χ0) is 16.4. The van der Waals surface area contributed by atoms with E-state index in [9.17, 15) is 9.59 Å². The lowest BCUT2D eigenvalue weighted by atomic mass is 10.1. The first-order valence-electron chi connectivity index (χ1n) is 7.60. The quantitative estimate of drug-likeness (QED) is 0.674. The highest BCUT2D eigenvalue weighted by molar-refractivity contribution is 7.23. The van der Waals surface area contributed by atoms with Gasteiger partial charge in [0.2, 0.25) is 5.91 Å². The molecule has 7 heteroatoms. The van der Waals surface area contributed by atoms with E-state index in [0.717, 1.165) is 29.3 Å². The molecule has 1 aromatic carbocycles. The van der Waals surface area contributed by atoms with Gasteiger partial charge in [0.15, 0.2) is 0 Å². The summed E-state index contributed by atoms with van der Waals surface area (Å²) in [5.41, 5.74) is 11.3. The van der Waals surface area contributed by atoms with E-state index in [2.05, 4.69) is 5.32 Å². The van der Waals surface area contributed by atoms with Crippen LogP contribution >= 0.6 is 11.3 Å². The number of nitrogens with one attached hydrogen (secondary N) is 1. The second-order valence-corrected chi connectivity index (χ2v) is 6.63. The van der Waals surface area contributed by atoms with E-state index in [1.807, 2.05) is 6.07 Å². The van der Waals surface area contributed by atoms with Crippen LogP contribution in [-0.4, -0.2) is 25.0 Å². The molecule has 0 unspecified atom stereocenters. The number of carbonyl (C=O) groups excluding carboxylic acids is 2. The second-order valence-electron chi connectivity index (χ2n) is 5.58. The van der Waals surface area contributed by atoms with E-state index in [0.29, 0.717) is 29.5 Å². The number of anilines is 1. The number of amides is 2. The van der Waals surface area contributed by atoms with Gasteiger partial charge in [0.25, 0.3) is 5.91 Å². The van der Waals surface area contributed by atoms with Gasteiger partial charge in [0.05, 0.1) is 12.2 Å². The van der Waals surface area contributed by atoms with Crippen molar-refractivity contribution in [1.29, 1.82) is 0 Å². The maximum Gasteiger partial charge on any atom is 0.252 e. The summed E-state index contributed by atoms with van der Waals surface area (Å²) in [6, 6.07) is 5.46. The molecule has 5 N–H and O–H groups in total. The van der Waals surface area contributed by atoms with Crippen LogP contribution in [-0.2, 0) is 4.79 Å². The van der Waals surface area contributed by atoms with E-state index in [1.165, 1.54) is 11.3 Å². The van der Waals surface area contributed by atoms with E-state index >= 15 is 0 Å². The van der Waals surface area contributed by atoms with E-state index < -0.39 is 5.91 Å². The molecular formula is C16H19N3O3S. The maximum atomic E-state index is 12.0. The van der Waals surface area contributed by atoms with Crippen molar-refractivity contribution in [3.8, 4) is 5.75 Å². The summed E-state index contributed by atoms with van der Waals surface area (Å²) >= 11 is 1.34. The number of hydrogen-bond acceptors (Lipinski definition) is 5. The van der Waals surface area contributed by atoms with Crippen LogP contribution in [0.1, 0.15) is 29.6 Å². The van der Waals surface area contributed by atoms with Gasteiger partial charge in [-0.3, -0.25) is 9.59 Å².